The molecule has 0 saturated heterocycles. The molecule has 0 amide bonds. The van der Waals surface area contributed by atoms with Gasteiger partial charge in [0.05, 0.1) is 0 Å². The molecule has 3 heterocycles. The molecule has 1 unspecified atom stereocenters. The van der Waals surface area contributed by atoms with Crippen LogP contribution in [0.4, 0.5) is 0 Å². The molecule has 4 heteroatoms. The largest absolute Gasteiger partial charge is 0.264 e. The molecule has 0 radical (unpaired) electrons. The van der Waals surface area contributed by atoms with E-state index in [1.807, 2.05) is 30.7 Å². The van der Waals surface area contributed by atoms with E-state index in [1.54, 1.807) is 0 Å². The summed E-state index contributed by atoms with van der Waals surface area (Å²) in [5, 5.41) is 0.530. The summed E-state index contributed by atoms with van der Waals surface area (Å²) in [7, 11) is 2.19. The molecule has 0 aromatic carbocycles. The van der Waals surface area contributed by atoms with Crippen molar-refractivity contribution in [2.75, 3.05) is 7.05 Å². The summed E-state index contributed by atoms with van der Waals surface area (Å²) in [4.78, 5) is 8.68. The topological polar surface area (TPSA) is 28.8 Å². The van der Waals surface area contributed by atoms with E-state index < -0.39 is 0 Å². The van der Waals surface area contributed by atoms with Crippen LogP contribution in [-0.2, 0) is 5.41 Å². The molecule has 2 aromatic rings. The normalized spacial score (nSPS) is 24.8. The molecule has 22 heavy (non-hydrogen) atoms. The highest BCUT2D eigenvalue weighted by atomic mass is 35.5. The fraction of sp³-hybridized carbons (Fsp3) is 0.389. The van der Waals surface area contributed by atoms with Crippen LogP contribution in [0.25, 0.3) is 0 Å². The monoisotopic (exact) mass is 314 g/mol. The zero-order valence-electron chi connectivity index (χ0n) is 13.3. The Balaban J connectivity index is 2.27. The quantitative estimate of drug-likeness (QED) is 0.638. The Kier molecular flexibility index (Phi) is 4.00. The Hall–Kier alpha value is -1.74. The molecule has 2 aromatic heterocycles. The van der Waals surface area contributed by atoms with Crippen molar-refractivity contribution in [3.8, 4) is 0 Å². The molecule has 0 bridgehead atoms. The van der Waals surface area contributed by atoms with E-state index in [0.717, 1.165) is 12.8 Å². The van der Waals surface area contributed by atoms with E-state index in [-0.39, 0.29) is 5.41 Å². The first-order valence-corrected chi connectivity index (χ1v) is 8.09. The summed E-state index contributed by atoms with van der Waals surface area (Å²) in [6.07, 6.45) is 7.75. The summed E-state index contributed by atoms with van der Waals surface area (Å²) in [5.41, 5.74) is 3.68. The maximum atomic E-state index is 6.00. The predicted molar refractivity (Wildman–Crippen MR) is 89.8 cm³/mol. The van der Waals surface area contributed by atoms with Gasteiger partial charge in [-0.25, -0.2) is 9.56 Å². The highest BCUT2D eigenvalue weighted by molar-refractivity contribution is 6.29. The third-order valence-corrected chi connectivity index (χ3v) is 5.11. The first-order valence-electron chi connectivity index (χ1n) is 7.71. The fourth-order valence-electron chi connectivity index (χ4n) is 3.80. The van der Waals surface area contributed by atoms with Gasteiger partial charge in [-0.1, -0.05) is 30.7 Å². The SMILES string of the molecule is CCC1=[N+](C)[C@@H](C)CC1(c1cccnc1)c1ccc(Cl)nc1. The standard InChI is InChI=1S/C18H21ClN3/c1-4-16-18(10-13(2)22(16)3,14-6-5-9-20-11-14)15-7-8-17(19)21-12-15/h5-9,11-13H,4,10H2,1-3H3/q+1/t13-,18?/m0/s1. The van der Waals surface area contributed by atoms with Crippen LogP contribution < -0.4 is 0 Å². The molecule has 0 spiro atoms. The Morgan fingerprint density at radius 2 is 2.05 bits per heavy atom. The molecular weight excluding hydrogens is 294 g/mol. The number of pyridine rings is 2. The predicted octanol–water partition coefficient (Wildman–Crippen LogP) is 3.70. The van der Waals surface area contributed by atoms with Crippen LogP contribution in [0.3, 0.4) is 0 Å². The van der Waals surface area contributed by atoms with Crippen LogP contribution >= 0.6 is 11.6 Å². The van der Waals surface area contributed by atoms with Crippen molar-refractivity contribution < 1.29 is 4.58 Å². The van der Waals surface area contributed by atoms with Gasteiger partial charge in [-0.05, 0) is 30.2 Å². The van der Waals surface area contributed by atoms with Gasteiger partial charge in [0.25, 0.3) is 0 Å². The fourth-order valence-corrected chi connectivity index (χ4v) is 3.91. The van der Waals surface area contributed by atoms with Crippen molar-refractivity contribution >= 4 is 17.3 Å². The average molecular weight is 315 g/mol. The highest BCUT2D eigenvalue weighted by Gasteiger charge is 2.51. The molecule has 3 rings (SSSR count). The minimum absolute atomic E-state index is 0.158. The smallest absolute Gasteiger partial charge is 0.167 e. The summed E-state index contributed by atoms with van der Waals surface area (Å²) < 4.78 is 2.40. The van der Waals surface area contributed by atoms with Crippen molar-refractivity contribution in [3.63, 3.8) is 0 Å². The molecule has 0 saturated carbocycles. The number of hydrogen-bond donors (Lipinski definition) is 0. The van der Waals surface area contributed by atoms with Crippen molar-refractivity contribution in [1.82, 2.24) is 9.97 Å². The highest BCUT2D eigenvalue weighted by Crippen LogP contribution is 2.43. The molecule has 1 aliphatic rings. The molecule has 0 N–H and O–H groups in total. The average Bonchev–Trinajstić information content (AvgIpc) is 2.81. The van der Waals surface area contributed by atoms with Gasteiger partial charge >= 0.3 is 0 Å². The van der Waals surface area contributed by atoms with Crippen molar-refractivity contribution in [2.45, 2.75) is 38.1 Å². The van der Waals surface area contributed by atoms with Crippen LogP contribution in [0.15, 0.2) is 42.9 Å². The number of halogens is 1. The molecule has 1 aliphatic heterocycles. The minimum atomic E-state index is -0.158. The van der Waals surface area contributed by atoms with Gasteiger partial charge in [0.15, 0.2) is 11.8 Å². The van der Waals surface area contributed by atoms with Gasteiger partial charge in [-0.3, -0.25) is 4.98 Å². The lowest BCUT2D eigenvalue weighted by molar-refractivity contribution is -0.526. The second-order valence-electron chi connectivity index (χ2n) is 5.98. The Labute approximate surface area is 136 Å². The number of aromatic nitrogens is 2. The lowest BCUT2D eigenvalue weighted by atomic mass is 9.69. The number of rotatable bonds is 3. The maximum Gasteiger partial charge on any atom is 0.167 e. The molecule has 114 valence electrons. The third kappa shape index (κ3) is 2.24. The van der Waals surface area contributed by atoms with Gasteiger partial charge in [-0.15, -0.1) is 0 Å². The number of hydrogen-bond acceptors (Lipinski definition) is 2. The van der Waals surface area contributed by atoms with Crippen LogP contribution in [0.5, 0.6) is 0 Å². The van der Waals surface area contributed by atoms with E-state index in [9.17, 15) is 0 Å². The second kappa shape index (κ2) is 5.81. The second-order valence-corrected chi connectivity index (χ2v) is 6.37. The summed E-state index contributed by atoms with van der Waals surface area (Å²) in [6, 6.07) is 8.64. The van der Waals surface area contributed by atoms with Crippen molar-refractivity contribution in [3.05, 3.63) is 59.1 Å². The zero-order chi connectivity index (χ0) is 15.7. The van der Waals surface area contributed by atoms with E-state index in [1.165, 1.54) is 16.8 Å². The van der Waals surface area contributed by atoms with Crippen LogP contribution in [0.2, 0.25) is 5.15 Å². The van der Waals surface area contributed by atoms with E-state index in [2.05, 4.69) is 47.6 Å². The first-order chi connectivity index (χ1) is 10.6. The van der Waals surface area contributed by atoms with Gasteiger partial charge in [-0.2, -0.15) is 0 Å². The maximum absolute atomic E-state index is 6.00. The van der Waals surface area contributed by atoms with Crippen molar-refractivity contribution in [2.24, 2.45) is 0 Å². The van der Waals surface area contributed by atoms with E-state index >= 15 is 0 Å². The van der Waals surface area contributed by atoms with Gasteiger partial charge < -0.3 is 0 Å². The Bertz CT molecular complexity index is 694. The summed E-state index contributed by atoms with van der Waals surface area (Å²) >= 11 is 6.00. The van der Waals surface area contributed by atoms with E-state index in [4.69, 9.17) is 11.6 Å². The van der Waals surface area contributed by atoms with Crippen molar-refractivity contribution in [1.29, 1.82) is 0 Å². The molecule has 0 fully saturated rings. The summed E-state index contributed by atoms with van der Waals surface area (Å²) in [5.74, 6) is 0. The third-order valence-electron chi connectivity index (χ3n) is 4.89. The lowest BCUT2D eigenvalue weighted by Gasteiger charge is -2.28. The van der Waals surface area contributed by atoms with Gasteiger partial charge in [0.2, 0.25) is 0 Å². The molecular formula is C18H21ClN3+. The first kappa shape index (κ1) is 15.2. The Morgan fingerprint density at radius 1 is 1.27 bits per heavy atom. The zero-order valence-corrected chi connectivity index (χ0v) is 14.0. The molecule has 0 aliphatic carbocycles. The van der Waals surface area contributed by atoms with Crippen LogP contribution in [0.1, 0.15) is 37.8 Å². The number of nitrogens with zero attached hydrogens (tertiary/aromatic N) is 3. The molecule has 2 atom stereocenters. The Morgan fingerprint density at radius 3 is 2.64 bits per heavy atom. The van der Waals surface area contributed by atoms with Crippen LogP contribution in [0, 0.1) is 0 Å². The summed E-state index contributed by atoms with van der Waals surface area (Å²) in [6.45, 7) is 4.50. The molecule has 3 nitrogen and oxygen atoms in total. The minimum Gasteiger partial charge on any atom is -0.264 e. The van der Waals surface area contributed by atoms with Gasteiger partial charge in [0, 0.05) is 31.4 Å². The van der Waals surface area contributed by atoms with E-state index in [0.29, 0.717) is 11.2 Å². The van der Waals surface area contributed by atoms with Gasteiger partial charge in [0.1, 0.15) is 17.6 Å². The van der Waals surface area contributed by atoms with Crippen LogP contribution in [-0.4, -0.2) is 33.3 Å². The lowest BCUT2D eigenvalue weighted by Crippen LogP contribution is -2.35.